The molecular weight excluding hydrogens is 250 g/mol. The molecule has 1 fully saturated rings. The minimum Gasteiger partial charge on any atom is -0.383 e. The largest absolute Gasteiger partial charge is 0.383 e. The molecule has 1 N–H and O–H groups in total. The summed E-state index contributed by atoms with van der Waals surface area (Å²) in [4.78, 5) is 4.92. The number of hydrogen-bond donors (Lipinski definition) is 1. The van der Waals surface area contributed by atoms with Crippen molar-refractivity contribution in [2.45, 2.75) is 6.04 Å². The maximum Gasteiger partial charge on any atom is 0.0657 e. The van der Waals surface area contributed by atoms with Crippen LogP contribution >= 0.6 is 0 Å². The molecule has 112 valence electrons. The molecule has 1 heterocycles. The highest BCUT2D eigenvalue weighted by molar-refractivity contribution is 5.18. The van der Waals surface area contributed by atoms with Gasteiger partial charge in [0.05, 0.1) is 12.6 Å². The van der Waals surface area contributed by atoms with Gasteiger partial charge < -0.3 is 15.0 Å². The lowest BCUT2D eigenvalue weighted by Gasteiger charge is -2.32. The quantitative estimate of drug-likeness (QED) is 0.811. The Hall–Kier alpha value is -0.940. The first-order valence-corrected chi connectivity index (χ1v) is 7.48. The molecule has 0 bridgehead atoms. The maximum atomic E-state index is 5.33. The van der Waals surface area contributed by atoms with Gasteiger partial charge in [0.2, 0.25) is 0 Å². The van der Waals surface area contributed by atoms with E-state index in [1.165, 1.54) is 31.7 Å². The van der Waals surface area contributed by atoms with E-state index in [2.05, 4.69) is 52.5 Å². The van der Waals surface area contributed by atoms with E-state index in [9.17, 15) is 0 Å². The molecule has 1 atom stereocenters. The van der Waals surface area contributed by atoms with E-state index in [1.807, 2.05) is 0 Å². The van der Waals surface area contributed by atoms with Gasteiger partial charge in [-0.05, 0) is 12.6 Å². The Morgan fingerprint density at radius 3 is 2.50 bits per heavy atom. The number of piperazine rings is 1. The first-order chi connectivity index (χ1) is 9.79. The van der Waals surface area contributed by atoms with E-state index in [0.717, 1.165) is 13.1 Å². The predicted molar refractivity (Wildman–Crippen MR) is 83.0 cm³/mol. The number of hydrogen-bond acceptors (Lipinski definition) is 4. The molecule has 1 aliphatic heterocycles. The van der Waals surface area contributed by atoms with E-state index in [1.54, 1.807) is 7.11 Å². The summed E-state index contributed by atoms with van der Waals surface area (Å²) >= 11 is 0. The molecule has 1 aromatic carbocycles. The van der Waals surface area contributed by atoms with Gasteiger partial charge in [-0.2, -0.15) is 0 Å². The van der Waals surface area contributed by atoms with Crippen molar-refractivity contribution < 1.29 is 4.74 Å². The van der Waals surface area contributed by atoms with Crippen molar-refractivity contribution in [2.75, 3.05) is 60.0 Å². The fourth-order valence-corrected chi connectivity index (χ4v) is 2.59. The standard InChI is InChI=1S/C16H27N3O/c1-18-10-12-19(13-11-18)9-8-17-16(14-20-2)15-6-4-3-5-7-15/h3-7,16-17H,8-14H2,1-2H3. The zero-order chi connectivity index (χ0) is 14.2. The molecule has 0 aliphatic carbocycles. The Labute approximate surface area is 122 Å². The average molecular weight is 277 g/mol. The maximum absolute atomic E-state index is 5.33. The third-order valence-corrected chi connectivity index (χ3v) is 3.95. The molecule has 0 spiro atoms. The van der Waals surface area contributed by atoms with E-state index in [0.29, 0.717) is 6.61 Å². The van der Waals surface area contributed by atoms with Crippen LogP contribution in [0, 0.1) is 0 Å². The van der Waals surface area contributed by atoms with E-state index in [-0.39, 0.29) is 6.04 Å². The highest BCUT2D eigenvalue weighted by atomic mass is 16.5. The topological polar surface area (TPSA) is 27.7 Å². The summed E-state index contributed by atoms with van der Waals surface area (Å²) in [5, 5.41) is 3.62. The number of rotatable bonds is 7. The van der Waals surface area contributed by atoms with Crippen LogP contribution < -0.4 is 5.32 Å². The number of nitrogens with zero attached hydrogens (tertiary/aromatic N) is 2. The van der Waals surface area contributed by atoms with Crippen LogP contribution in [-0.2, 0) is 4.74 Å². The first-order valence-electron chi connectivity index (χ1n) is 7.48. The molecule has 4 nitrogen and oxygen atoms in total. The lowest BCUT2D eigenvalue weighted by molar-refractivity contribution is 0.143. The van der Waals surface area contributed by atoms with Crippen molar-refractivity contribution in [1.29, 1.82) is 0 Å². The second kappa shape index (κ2) is 8.37. The second-order valence-corrected chi connectivity index (χ2v) is 5.52. The Morgan fingerprint density at radius 2 is 1.85 bits per heavy atom. The molecule has 1 unspecified atom stereocenters. The lowest BCUT2D eigenvalue weighted by atomic mass is 10.1. The average Bonchev–Trinajstić information content (AvgIpc) is 2.49. The molecule has 0 saturated carbocycles. The fraction of sp³-hybridized carbons (Fsp3) is 0.625. The zero-order valence-corrected chi connectivity index (χ0v) is 12.7. The SMILES string of the molecule is COCC(NCCN1CCN(C)CC1)c1ccccc1. The van der Waals surface area contributed by atoms with Crippen LogP contribution in [0.15, 0.2) is 30.3 Å². The van der Waals surface area contributed by atoms with E-state index in [4.69, 9.17) is 4.74 Å². The molecule has 1 aromatic rings. The minimum atomic E-state index is 0.286. The molecule has 0 aromatic heterocycles. The van der Waals surface area contributed by atoms with Gasteiger partial charge in [-0.25, -0.2) is 0 Å². The van der Waals surface area contributed by atoms with Gasteiger partial charge in [-0.3, -0.25) is 4.90 Å². The molecule has 20 heavy (non-hydrogen) atoms. The first kappa shape index (κ1) is 15.4. The summed E-state index contributed by atoms with van der Waals surface area (Å²) in [5.41, 5.74) is 1.30. The molecular formula is C16H27N3O. The highest BCUT2D eigenvalue weighted by Gasteiger charge is 2.14. The van der Waals surface area contributed by atoms with Crippen LogP contribution in [0.25, 0.3) is 0 Å². The monoisotopic (exact) mass is 277 g/mol. The zero-order valence-electron chi connectivity index (χ0n) is 12.7. The number of methoxy groups -OCH3 is 1. The van der Waals surface area contributed by atoms with Gasteiger partial charge in [-0.15, -0.1) is 0 Å². The number of benzene rings is 1. The highest BCUT2D eigenvalue weighted by Crippen LogP contribution is 2.12. The van der Waals surface area contributed by atoms with Crippen LogP contribution in [0.1, 0.15) is 11.6 Å². The number of nitrogens with one attached hydrogen (secondary N) is 1. The smallest absolute Gasteiger partial charge is 0.0657 e. The van der Waals surface area contributed by atoms with Gasteiger partial charge in [0.25, 0.3) is 0 Å². The van der Waals surface area contributed by atoms with Crippen LogP contribution in [0.4, 0.5) is 0 Å². The Bertz CT molecular complexity index is 363. The Kier molecular flexibility index (Phi) is 6.47. The summed E-state index contributed by atoms with van der Waals surface area (Å²) in [6.07, 6.45) is 0. The number of ether oxygens (including phenoxy) is 1. The summed E-state index contributed by atoms with van der Waals surface area (Å²) in [6.45, 7) is 7.55. The van der Waals surface area contributed by atoms with Gasteiger partial charge in [0.1, 0.15) is 0 Å². The Balaban J connectivity index is 1.75. The van der Waals surface area contributed by atoms with Crippen molar-refractivity contribution in [3.8, 4) is 0 Å². The third kappa shape index (κ3) is 4.87. The van der Waals surface area contributed by atoms with Crippen molar-refractivity contribution >= 4 is 0 Å². The Morgan fingerprint density at radius 1 is 1.15 bits per heavy atom. The second-order valence-electron chi connectivity index (χ2n) is 5.52. The van der Waals surface area contributed by atoms with Gasteiger partial charge in [-0.1, -0.05) is 30.3 Å². The van der Waals surface area contributed by atoms with Crippen LogP contribution in [0.2, 0.25) is 0 Å². The van der Waals surface area contributed by atoms with Crippen molar-refractivity contribution in [3.05, 3.63) is 35.9 Å². The summed E-state index contributed by atoms with van der Waals surface area (Å²) in [6, 6.07) is 10.8. The van der Waals surface area contributed by atoms with Gasteiger partial charge in [0, 0.05) is 46.4 Å². The molecule has 2 rings (SSSR count). The summed E-state index contributed by atoms with van der Waals surface area (Å²) in [7, 11) is 3.96. The van der Waals surface area contributed by atoms with Gasteiger partial charge in [0.15, 0.2) is 0 Å². The van der Waals surface area contributed by atoms with Crippen molar-refractivity contribution in [2.24, 2.45) is 0 Å². The van der Waals surface area contributed by atoms with Crippen LogP contribution in [0.3, 0.4) is 0 Å². The molecule has 4 heteroatoms. The van der Waals surface area contributed by atoms with Gasteiger partial charge >= 0.3 is 0 Å². The number of likely N-dealkylation sites (N-methyl/N-ethyl adjacent to an activating group) is 1. The van der Waals surface area contributed by atoms with Crippen molar-refractivity contribution in [1.82, 2.24) is 15.1 Å². The van der Waals surface area contributed by atoms with Crippen molar-refractivity contribution in [3.63, 3.8) is 0 Å². The van der Waals surface area contributed by atoms with Crippen LogP contribution in [0.5, 0.6) is 0 Å². The summed E-state index contributed by atoms with van der Waals surface area (Å²) in [5.74, 6) is 0. The molecule has 1 saturated heterocycles. The van der Waals surface area contributed by atoms with E-state index < -0.39 is 0 Å². The molecule has 1 aliphatic rings. The third-order valence-electron chi connectivity index (χ3n) is 3.95. The predicted octanol–water partition coefficient (Wildman–Crippen LogP) is 1.21. The summed E-state index contributed by atoms with van der Waals surface area (Å²) < 4.78 is 5.33. The normalized spacial score (nSPS) is 19.1. The fourth-order valence-electron chi connectivity index (χ4n) is 2.59. The molecule has 0 radical (unpaired) electrons. The molecule has 0 amide bonds. The lowest BCUT2D eigenvalue weighted by Crippen LogP contribution is -2.46. The minimum absolute atomic E-state index is 0.286. The van der Waals surface area contributed by atoms with Crippen LogP contribution in [-0.4, -0.2) is 69.8 Å². The van der Waals surface area contributed by atoms with E-state index >= 15 is 0 Å².